The summed E-state index contributed by atoms with van der Waals surface area (Å²) >= 11 is 2.77. The fraction of sp³-hybridized carbons (Fsp3) is 0.235. The number of hydrogen-bond donors (Lipinski definition) is 1. The summed E-state index contributed by atoms with van der Waals surface area (Å²) in [6.45, 7) is 2.43. The van der Waals surface area contributed by atoms with E-state index in [1.807, 2.05) is 18.4 Å². The van der Waals surface area contributed by atoms with E-state index in [0.717, 1.165) is 0 Å². The lowest BCUT2D eigenvalue weighted by atomic mass is 10.3. The van der Waals surface area contributed by atoms with Crippen LogP contribution in [-0.4, -0.2) is 21.2 Å². The largest absolute Gasteiger partial charge is 0.326 e. The molecule has 0 aliphatic carbocycles. The van der Waals surface area contributed by atoms with Crippen LogP contribution in [0.15, 0.2) is 45.7 Å². The highest BCUT2D eigenvalue weighted by atomic mass is 32.2. The van der Waals surface area contributed by atoms with Gasteiger partial charge in [0.1, 0.15) is 10.5 Å². The Bertz CT molecular complexity index is 951. The van der Waals surface area contributed by atoms with Gasteiger partial charge in [-0.2, -0.15) is 0 Å². The Labute approximate surface area is 151 Å². The molecule has 1 N–H and O–H groups in total. The number of halogens is 1. The summed E-state index contributed by atoms with van der Waals surface area (Å²) in [5.41, 5.74) is 1.21. The van der Waals surface area contributed by atoms with E-state index in [-0.39, 0.29) is 23.7 Å². The zero-order valence-corrected chi connectivity index (χ0v) is 15.1. The summed E-state index contributed by atoms with van der Waals surface area (Å²) in [5.74, 6) is -0.0168. The normalized spacial score (nSPS) is 11.0. The summed E-state index contributed by atoms with van der Waals surface area (Å²) in [5, 5.41) is 5.18. The summed E-state index contributed by atoms with van der Waals surface area (Å²) in [7, 11) is 0. The van der Waals surface area contributed by atoms with Crippen molar-refractivity contribution in [3.63, 3.8) is 0 Å². The number of fused-ring (bicyclic) bond motifs is 1. The van der Waals surface area contributed by atoms with Crippen LogP contribution < -0.4 is 10.9 Å². The second kappa shape index (κ2) is 7.79. The molecule has 0 unspecified atom stereocenters. The lowest BCUT2D eigenvalue weighted by Gasteiger charge is -2.09. The van der Waals surface area contributed by atoms with Crippen LogP contribution in [0.1, 0.15) is 13.3 Å². The van der Waals surface area contributed by atoms with Crippen LogP contribution in [0.2, 0.25) is 0 Å². The maximum absolute atomic E-state index is 12.9. The molecule has 0 atom stereocenters. The number of thioether (sulfide) groups is 1. The zero-order valence-electron chi connectivity index (χ0n) is 13.5. The minimum Gasteiger partial charge on any atom is -0.326 e. The number of aromatic nitrogens is 2. The monoisotopic (exact) mass is 377 g/mol. The molecule has 3 aromatic rings. The third-order valence-corrected chi connectivity index (χ3v) is 5.41. The van der Waals surface area contributed by atoms with Gasteiger partial charge in [-0.05, 0) is 42.6 Å². The molecule has 0 radical (unpaired) electrons. The van der Waals surface area contributed by atoms with Crippen LogP contribution >= 0.6 is 23.1 Å². The van der Waals surface area contributed by atoms with Gasteiger partial charge in [-0.1, -0.05) is 11.8 Å². The van der Waals surface area contributed by atoms with Crippen molar-refractivity contribution >= 4 is 44.9 Å². The molecule has 8 heteroatoms. The van der Waals surface area contributed by atoms with E-state index in [0.29, 0.717) is 33.4 Å². The molecule has 1 amide bonds. The van der Waals surface area contributed by atoms with Gasteiger partial charge in [-0.25, -0.2) is 9.37 Å². The molecule has 0 saturated carbocycles. The quantitative estimate of drug-likeness (QED) is 0.525. The van der Waals surface area contributed by atoms with Crippen molar-refractivity contribution in [2.45, 2.75) is 25.0 Å². The number of carbonyl (C=O) groups excluding carboxylic acids is 1. The van der Waals surface area contributed by atoms with Crippen molar-refractivity contribution < 1.29 is 9.18 Å². The number of thiophene rings is 1. The average Bonchev–Trinajstić information content (AvgIpc) is 3.06. The molecule has 25 heavy (non-hydrogen) atoms. The number of anilines is 1. The molecule has 0 spiro atoms. The Morgan fingerprint density at radius 3 is 2.80 bits per heavy atom. The Morgan fingerprint density at radius 1 is 1.32 bits per heavy atom. The van der Waals surface area contributed by atoms with Crippen molar-refractivity contribution in [1.29, 1.82) is 0 Å². The van der Waals surface area contributed by atoms with E-state index in [9.17, 15) is 14.0 Å². The van der Waals surface area contributed by atoms with Crippen LogP contribution in [0.25, 0.3) is 10.2 Å². The van der Waals surface area contributed by atoms with Crippen LogP contribution in [0, 0.1) is 5.82 Å². The minimum absolute atomic E-state index is 0.0410. The number of amides is 1. The average molecular weight is 377 g/mol. The lowest BCUT2D eigenvalue weighted by Crippen LogP contribution is -2.21. The second-order valence-electron chi connectivity index (χ2n) is 5.23. The minimum atomic E-state index is -0.346. The molecule has 1 aromatic carbocycles. The highest BCUT2D eigenvalue weighted by Crippen LogP contribution is 2.21. The first-order chi connectivity index (χ1) is 12.1. The van der Waals surface area contributed by atoms with Gasteiger partial charge < -0.3 is 5.32 Å². The summed E-state index contributed by atoms with van der Waals surface area (Å²) < 4.78 is 15.1. The molecule has 0 saturated heterocycles. The molecular formula is C17H16FN3O2S2. The predicted octanol–water partition coefficient (Wildman–Crippen LogP) is 3.74. The summed E-state index contributed by atoms with van der Waals surface area (Å²) in [6.07, 6.45) is 0.267. The third-order valence-electron chi connectivity index (χ3n) is 3.54. The summed E-state index contributed by atoms with van der Waals surface area (Å²) in [6, 6.07) is 7.45. The fourth-order valence-corrected chi connectivity index (χ4v) is 4.08. The van der Waals surface area contributed by atoms with Gasteiger partial charge in [0.15, 0.2) is 5.16 Å². The maximum Gasteiger partial charge on any atom is 0.272 e. The van der Waals surface area contributed by atoms with Gasteiger partial charge >= 0.3 is 0 Å². The molecule has 2 aromatic heterocycles. The standard InChI is InChI=1S/C17H16FN3O2S2/c1-2-21-16(23)15-13(7-9-24-15)20-17(21)25-10-8-14(22)19-12-5-3-11(18)4-6-12/h3-7,9H,2,8,10H2,1H3,(H,19,22). The van der Waals surface area contributed by atoms with Crippen molar-refractivity contribution in [2.75, 3.05) is 11.1 Å². The van der Waals surface area contributed by atoms with Gasteiger partial charge in [0, 0.05) is 24.4 Å². The first-order valence-electron chi connectivity index (χ1n) is 7.74. The van der Waals surface area contributed by atoms with Gasteiger partial charge in [-0.3, -0.25) is 14.2 Å². The third kappa shape index (κ3) is 4.08. The van der Waals surface area contributed by atoms with Crippen molar-refractivity contribution in [3.05, 3.63) is 51.9 Å². The van der Waals surface area contributed by atoms with E-state index in [1.54, 1.807) is 4.57 Å². The molecule has 0 fully saturated rings. The first-order valence-corrected chi connectivity index (χ1v) is 9.61. The predicted molar refractivity (Wildman–Crippen MR) is 99.9 cm³/mol. The van der Waals surface area contributed by atoms with Gasteiger partial charge in [-0.15, -0.1) is 11.3 Å². The SMILES string of the molecule is CCn1c(SCCC(=O)Nc2ccc(F)cc2)nc2ccsc2c1=O. The number of carbonyl (C=O) groups is 1. The van der Waals surface area contributed by atoms with Crippen molar-refractivity contribution in [2.24, 2.45) is 0 Å². The van der Waals surface area contributed by atoms with Crippen LogP contribution in [0.5, 0.6) is 0 Å². The highest BCUT2D eigenvalue weighted by Gasteiger charge is 2.12. The molecule has 2 heterocycles. The highest BCUT2D eigenvalue weighted by molar-refractivity contribution is 7.99. The van der Waals surface area contributed by atoms with E-state index < -0.39 is 0 Å². The number of nitrogens with one attached hydrogen (secondary N) is 1. The van der Waals surface area contributed by atoms with Crippen LogP contribution in [0.3, 0.4) is 0 Å². The first kappa shape index (κ1) is 17.6. The Kier molecular flexibility index (Phi) is 5.50. The summed E-state index contributed by atoms with van der Waals surface area (Å²) in [4.78, 5) is 28.9. The van der Waals surface area contributed by atoms with Crippen molar-refractivity contribution in [3.8, 4) is 0 Å². The molecule has 0 bridgehead atoms. The molecule has 5 nitrogen and oxygen atoms in total. The Balaban J connectivity index is 1.63. The van der Waals surface area contributed by atoms with Gasteiger partial charge in [0.2, 0.25) is 5.91 Å². The van der Waals surface area contributed by atoms with E-state index >= 15 is 0 Å². The second-order valence-corrected chi connectivity index (χ2v) is 7.21. The Morgan fingerprint density at radius 2 is 2.08 bits per heavy atom. The van der Waals surface area contributed by atoms with E-state index in [2.05, 4.69) is 10.3 Å². The lowest BCUT2D eigenvalue weighted by molar-refractivity contribution is -0.115. The van der Waals surface area contributed by atoms with Crippen LogP contribution in [-0.2, 0) is 11.3 Å². The topological polar surface area (TPSA) is 64.0 Å². The number of benzene rings is 1. The molecule has 130 valence electrons. The molecule has 0 aliphatic heterocycles. The zero-order chi connectivity index (χ0) is 17.8. The van der Waals surface area contributed by atoms with E-state index in [1.165, 1.54) is 47.4 Å². The Hall–Kier alpha value is -2.19. The smallest absolute Gasteiger partial charge is 0.272 e. The molecule has 3 rings (SSSR count). The number of rotatable bonds is 6. The van der Waals surface area contributed by atoms with Crippen LogP contribution in [0.4, 0.5) is 10.1 Å². The molecule has 0 aliphatic rings. The van der Waals surface area contributed by atoms with Gasteiger partial charge in [0.25, 0.3) is 5.56 Å². The fourth-order valence-electron chi connectivity index (χ4n) is 2.30. The van der Waals surface area contributed by atoms with E-state index in [4.69, 9.17) is 0 Å². The maximum atomic E-state index is 12.9. The number of nitrogens with zero attached hydrogens (tertiary/aromatic N) is 2. The molecular weight excluding hydrogens is 361 g/mol. The van der Waals surface area contributed by atoms with Gasteiger partial charge in [0.05, 0.1) is 5.52 Å². The van der Waals surface area contributed by atoms with Crippen molar-refractivity contribution in [1.82, 2.24) is 9.55 Å². The number of hydrogen-bond acceptors (Lipinski definition) is 5.